The molecule has 7 nitrogen and oxygen atoms in total. The van der Waals surface area contributed by atoms with Crippen molar-refractivity contribution in [2.24, 2.45) is 10.3 Å². The monoisotopic (exact) mass is 337 g/mol. The lowest BCUT2D eigenvalue weighted by Gasteiger charge is -2.33. The van der Waals surface area contributed by atoms with E-state index in [9.17, 15) is 13.2 Å². The lowest BCUT2D eigenvalue weighted by Crippen LogP contribution is -2.44. The maximum absolute atomic E-state index is 12.7. The molecule has 1 saturated heterocycles. The fraction of sp³-hybridized carbons (Fsp3) is 0.467. The molecule has 1 amide bonds. The molecule has 0 radical (unpaired) electrons. The summed E-state index contributed by atoms with van der Waals surface area (Å²) in [5.74, 6) is 0.613. The number of likely N-dealkylation sites (N-methyl/N-ethyl adjacent to an activating group) is 1. The highest BCUT2D eigenvalue weighted by molar-refractivity contribution is 7.88. The highest BCUT2D eigenvalue weighted by Gasteiger charge is 2.33. The number of carbonyl (C=O) groups excluding carboxylic acids is 1. The molecule has 23 heavy (non-hydrogen) atoms. The van der Waals surface area contributed by atoms with Crippen LogP contribution in [0.2, 0.25) is 0 Å². The van der Waals surface area contributed by atoms with Crippen molar-refractivity contribution in [3.8, 4) is 0 Å². The van der Waals surface area contributed by atoms with Gasteiger partial charge < -0.3 is 9.32 Å². The van der Waals surface area contributed by atoms with Gasteiger partial charge in [0.15, 0.2) is 5.76 Å². The van der Waals surface area contributed by atoms with E-state index >= 15 is 0 Å². The Balaban J connectivity index is 1.93. The Morgan fingerprint density at radius 1 is 1.35 bits per heavy atom. The van der Waals surface area contributed by atoms with E-state index in [1.165, 1.54) is 19.4 Å². The third kappa shape index (κ3) is 3.03. The molecular formula is C15H19N3O4S. The van der Waals surface area contributed by atoms with Gasteiger partial charge in [-0.1, -0.05) is 6.92 Å². The molecule has 1 aromatic heterocycles. The van der Waals surface area contributed by atoms with E-state index in [1.54, 1.807) is 17.0 Å². The number of likely N-dealkylation sites (tertiary alicyclic amines) is 1. The third-order valence-electron chi connectivity index (χ3n) is 4.24. The van der Waals surface area contributed by atoms with Crippen molar-refractivity contribution in [2.75, 3.05) is 20.1 Å². The molecule has 1 aromatic rings. The van der Waals surface area contributed by atoms with Crippen molar-refractivity contribution >= 4 is 21.8 Å². The van der Waals surface area contributed by atoms with Gasteiger partial charge in [0.25, 0.3) is 5.91 Å². The average molecular weight is 337 g/mol. The van der Waals surface area contributed by atoms with Crippen LogP contribution in [0.3, 0.4) is 0 Å². The quantitative estimate of drug-likeness (QED) is 0.817. The van der Waals surface area contributed by atoms with Crippen molar-refractivity contribution in [3.63, 3.8) is 0 Å². The normalized spacial score (nSPS) is 21.8. The molecule has 0 saturated carbocycles. The van der Waals surface area contributed by atoms with Crippen molar-refractivity contribution < 1.29 is 17.6 Å². The summed E-state index contributed by atoms with van der Waals surface area (Å²) in [5, 5.41) is 0. The minimum Gasteiger partial charge on any atom is -0.463 e. The van der Waals surface area contributed by atoms with Gasteiger partial charge in [-0.05, 0) is 37.0 Å². The molecule has 8 heteroatoms. The first-order valence-electron chi connectivity index (χ1n) is 7.52. The van der Waals surface area contributed by atoms with Gasteiger partial charge in [0, 0.05) is 20.1 Å². The predicted molar refractivity (Wildman–Crippen MR) is 85.0 cm³/mol. The van der Waals surface area contributed by atoms with Crippen molar-refractivity contribution in [2.45, 2.75) is 19.8 Å². The van der Waals surface area contributed by atoms with Crippen LogP contribution in [-0.4, -0.2) is 49.4 Å². The standard InChI is InChI=1S/C15H19N3O4S/c1-11-5-7-18(8-6-11)15(19)13-10-12(14-4-3-9-22-14)16-23(20,21)17(13)2/h3-4,9-11H,5-8H2,1-2H3. The Kier molecular flexibility index (Phi) is 4.01. The highest BCUT2D eigenvalue weighted by Crippen LogP contribution is 2.24. The van der Waals surface area contributed by atoms with Crippen LogP contribution in [0.1, 0.15) is 25.5 Å². The summed E-state index contributed by atoms with van der Waals surface area (Å²) in [6.45, 7) is 3.43. The number of furan rings is 1. The van der Waals surface area contributed by atoms with Gasteiger partial charge in [0.2, 0.25) is 0 Å². The second kappa shape index (κ2) is 5.84. The number of amides is 1. The Hall–Kier alpha value is -2.09. The summed E-state index contributed by atoms with van der Waals surface area (Å²) >= 11 is 0. The zero-order chi connectivity index (χ0) is 16.6. The lowest BCUT2D eigenvalue weighted by atomic mass is 9.99. The number of hydrogen-bond acceptors (Lipinski definition) is 4. The Labute approximate surface area is 135 Å². The SMILES string of the molecule is CC1CCN(C(=O)C2=CC(c3ccco3)=NS(=O)(=O)N2C)CC1. The molecule has 0 aromatic carbocycles. The second-order valence-electron chi connectivity index (χ2n) is 5.90. The minimum atomic E-state index is -3.93. The van der Waals surface area contributed by atoms with Gasteiger partial charge in [0.1, 0.15) is 11.4 Å². The van der Waals surface area contributed by atoms with E-state index in [-0.39, 0.29) is 17.3 Å². The van der Waals surface area contributed by atoms with E-state index in [4.69, 9.17) is 4.42 Å². The van der Waals surface area contributed by atoms with Gasteiger partial charge in [-0.15, -0.1) is 4.40 Å². The summed E-state index contributed by atoms with van der Waals surface area (Å²) in [6.07, 6.45) is 4.76. The van der Waals surface area contributed by atoms with E-state index in [1.807, 2.05) is 0 Å². The summed E-state index contributed by atoms with van der Waals surface area (Å²) < 4.78 is 34.3. The minimum absolute atomic E-state index is 0.0981. The zero-order valence-electron chi connectivity index (χ0n) is 13.1. The first-order chi connectivity index (χ1) is 10.9. The second-order valence-corrected chi connectivity index (χ2v) is 7.53. The number of rotatable bonds is 2. The third-order valence-corrected chi connectivity index (χ3v) is 5.55. The molecular weight excluding hydrogens is 318 g/mol. The fourth-order valence-electron chi connectivity index (χ4n) is 2.67. The van der Waals surface area contributed by atoms with Crippen LogP contribution in [0.25, 0.3) is 0 Å². The number of piperidine rings is 1. The number of nitrogens with zero attached hydrogens (tertiary/aromatic N) is 3. The molecule has 0 spiro atoms. The van der Waals surface area contributed by atoms with Gasteiger partial charge in [-0.2, -0.15) is 8.42 Å². The summed E-state index contributed by atoms with van der Waals surface area (Å²) in [5.41, 5.74) is 0.239. The molecule has 0 bridgehead atoms. The average Bonchev–Trinajstić information content (AvgIpc) is 3.04. The van der Waals surface area contributed by atoms with Gasteiger partial charge in [-0.25, -0.2) is 4.31 Å². The molecule has 0 N–H and O–H groups in total. The first-order valence-corrected chi connectivity index (χ1v) is 8.92. The van der Waals surface area contributed by atoms with Gasteiger partial charge in [0.05, 0.1) is 6.26 Å². The zero-order valence-corrected chi connectivity index (χ0v) is 13.9. The molecule has 1 fully saturated rings. The summed E-state index contributed by atoms with van der Waals surface area (Å²) in [6, 6.07) is 3.25. The maximum Gasteiger partial charge on any atom is 0.345 e. The van der Waals surface area contributed by atoms with Gasteiger partial charge >= 0.3 is 10.2 Å². The number of allylic oxidation sites excluding steroid dienone is 1. The van der Waals surface area contributed by atoms with E-state index < -0.39 is 10.2 Å². The molecule has 3 heterocycles. The molecule has 0 aliphatic carbocycles. The van der Waals surface area contributed by atoms with Crippen LogP contribution in [0.15, 0.2) is 39.0 Å². The van der Waals surface area contributed by atoms with Crippen LogP contribution in [0.4, 0.5) is 0 Å². The fourth-order valence-corrected chi connectivity index (χ4v) is 3.56. The van der Waals surface area contributed by atoms with E-state index in [2.05, 4.69) is 11.3 Å². The summed E-state index contributed by atoms with van der Waals surface area (Å²) in [4.78, 5) is 14.4. The number of hydrogen-bond donors (Lipinski definition) is 0. The predicted octanol–water partition coefficient (Wildman–Crippen LogP) is 1.40. The summed E-state index contributed by atoms with van der Waals surface area (Å²) in [7, 11) is -2.59. The highest BCUT2D eigenvalue weighted by atomic mass is 32.2. The molecule has 124 valence electrons. The van der Waals surface area contributed by atoms with Crippen LogP contribution in [-0.2, 0) is 15.0 Å². The van der Waals surface area contributed by atoms with Crippen LogP contribution < -0.4 is 0 Å². The van der Waals surface area contributed by atoms with Crippen molar-refractivity contribution in [1.29, 1.82) is 0 Å². The van der Waals surface area contributed by atoms with E-state index in [0.29, 0.717) is 24.8 Å². The Bertz CT molecular complexity index is 757. The first kappa shape index (κ1) is 15.8. The number of carbonyl (C=O) groups is 1. The van der Waals surface area contributed by atoms with Crippen LogP contribution in [0, 0.1) is 5.92 Å². The molecule has 2 aliphatic heterocycles. The van der Waals surface area contributed by atoms with Crippen molar-refractivity contribution in [3.05, 3.63) is 35.9 Å². The topological polar surface area (TPSA) is 83.2 Å². The lowest BCUT2D eigenvalue weighted by molar-refractivity contribution is -0.129. The van der Waals surface area contributed by atoms with Crippen molar-refractivity contribution in [1.82, 2.24) is 9.21 Å². The largest absolute Gasteiger partial charge is 0.463 e. The maximum atomic E-state index is 12.7. The smallest absolute Gasteiger partial charge is 0.345 e. The van der Waals surface area contributed by atoms with Crippen LogP contribution in [0.5, 0.6) is 0 Å². The van der Waals surface area contributed by atoms with Crippen LogP contribution >= 0.6 is 0 Å². The Morgan fingerprint density at radius 2 is 2.04 bits per heavy atom. The van der Waals surface area contributed by atoms with Gasteiger partial charge in [-0.3, -0.25) is 4.79 Å². The molecule has 0 atom stereocenters. The Morgan fingerprint density at radius 3 is 2.65 bits per heavy atom. The molecule has 3 rings (SSSR count). The molecule has 2 aliphatic rings. The molecule has 0 unspecified atom stereocenters. The van der Waals surface area contributed by atoms with E-state index in [0.717, 1.165) is 17.1 Å².